The summed E-state index contributed by atoms with van der Waals surface area (Å²) < 4.78 is 14.8. The van der Waals surface area contributed by atoms with E-state index in [2.05, 4.69) is 10.3 Å². The smallest absolute Gasteiger partial charge is 0.142 e. The monoisotopic (exact) mass is 259 g/mol. The van der Waals surface area contributed by atoms with Crippen LogP contribution < -0.4 is 0 Å². The van der Waals surface area contributed by atoms with Crippen LogP contribution in [-0.4, -0.2) is 15.0 Å². The van der Waals surface area contributed by atoms with Gasteiger partial charge in [-0.3, -0.25) is 0 Å². The maximum absolute atomic E-state index is 13.2. The first-order valence-corrected chi connectivity index (χ1v) is 5.49. The summed E-state index contributed by atoms with van der Waals surface area (Å²) >= 11 is 11.2. The lowest BCUT2D eigenvalue weighted by Crippen LogP contribution is -2.00. The lowest BCUT2D eigenvalue weighted by atomic mass is 10.2. The minimum atomic E-state index is -0.433. The Morgan fingerprint density at radius 3 is 2.81 bits per heavy atom. The molecule has 6 heteroatoms. The zero-order chi connectivity index (χ0) is 11.5. The second-order valence-corrected chi connectivity index (χ2v) is 3.96. The zero-order valence-corrected chi connectivity index (χ0v) is 9.71. The molecule has 0 saturated carbocycles. The Morgan fingerprint density at radius 2 is 2.19 bits per heavy atom. The SMILES string of the molecule is Fc1cc(Cn2cc(CCl)nn2)ccc1Cl. The van der Waals surface area contributed by atoms with Gasteiger partial charge in [0, 0.05) is 0 Å². The largest absolute Gasteiger partial charge is 0.248 e. The number of benzene rings is 1. The van der Waals surface area contributed by atoms with Crippen LogP contribution >= 0.6 is 23.2 Å². The van der Waals surface area contributed by atoms with E-state index in [0.717, 1.165) is 5.56 Å². The summed E-state index contributed by atoms with van der Waals surface area (Å²) in [6, 6.07) is 4.64. The van der Waals surface area contributed by atoms with Gasteiger partial charge in [0.2, 0.25) is 0 Å². The Balaban J connectivity index is 2.17. The summed E-state index contributed by atoms with van der Waals surface area (Å²) in [6.07, 6.45) is 1.72. The maximum atomic E-state index is 13.2. The third kappa shape index (κ3) is 2.51. The molecule has 16 heavy (non-hydrogen) atoms. The van der Waals surface area contributed by atoms with E-state index in [1.165, 1.54) is 12.1 Å². The van der Waals surface area contributed by atoms with Crippen LogP contribution in [0, 0.1) is 5.82 Å². The molecule has 1 aromatic heterocycles. The predicted molar refractivity (Wildman–Crippen MR) is 60.1 cm³/mol. The van der Waals surface area contributed by atoms with Crippen molar-refractivity contribution in [3.8, 4) is 0 Å². The first-order valence-electron chi connectivity index (χ1n) is 4.58. The Hall–Kier alpha value is -1.13. The summed E-state index contributed by atoms with van der Waals surface area (Å²) in [5, 5.41) is 7.81. The normalized spacial score (nSPS) is 10.7. The van der Waals surface area contributed by atoms with Crippen molar-refractivity contribution in [3.05, 3.63) is 46.5 Å². The summed E-state index contributed by atoms with van der Waals surface area (Å²) in [7, 11) is 0. The molecule has 0 radical (unpaired) electrons. The highest BCUT2D eigenvalue weighted by atomic mass is 35.5. The Kier molecular flexibility index (Phi) is 3.41. The number of aromatic nitrogens is 3. The Labute approximate surface area is 102 Å². The van der Waals surface area contributed by atoms with Crippen molar-refractivity contribution < 1.29 is 4.39 Å². The minimum Gasteiger partial charge on any atom is -0.248 e. The molecule has 0 N–H and O–H groups in total. The van der Waals surface area contributed by atoms with Crippen molar-refractivity contribution in [1.29, 1.82) is 0 Å². The van der Waals surface area contributed by atoms with Gasteiger partial charge in [0.05, 0.1) is 29.3 Å². The van der Waals surface area contributed by atoms with Crippen LogP contribution in [0.2, 0.25) is 5.02 Å². The molecular weight excluding hydrogens is 252 g/mol. The molecular formula is C10H8Cl2FN3. The molecule has 0 bridgehead atoms. The molecule has 84 valence electrons. The Bertz CT molecular complexity index is 499. The van der Waals surface area contributed by atoms with E-state index in [-0.39, 0.29) is 5.02 Å². The average Bonchev–Trinajstić information content (AvgIpc) is 2.71. The van der Waals surface area contributed by atoms with Crippen LogP contribution in [0.5, 0.6) is 0 Å². The maximum Gasteiger partial charge on any atom is 0.142 e. The van der Waals surface area contributed by atoms with Crippen LogP contribution in [-0.2, 0) is 12.4 Å². The molecule has 3 nitrogen and oxygen atoms in total. The van der Waals surface area contributed by atoms with E-state index in [1.54, 1.807) is 16.9 Å². The third-order valence-electron chi connectivity index (χ3n) is 2.05. The summed E-state index contributed by atoms with van der Waals surface area (Å²) in [6.45, 7) is 0.442. The second kappa shape index (κ2) is 4.80. The lowest BCUT2D eigenvalue weighted by molar-refractivity contribution is 0.614. The number of nitrogens with zero attached hydrogens (tertiary/aromatic N) is 3. The fraction of sp³-hybridized carbons (Fsp3) is 0.200. The van der Waals surface area contributed by atoms with Gasteiger partial charge in [0.1, 0.15) is 5.82 Å². The van der Waals surface area contributed by atoms with Gasteiger partial charge in [0.15, 0.2) is 0 Å². The Morgan fingerprint density at radius 1 is 1.38 bits per heavy atom. The van der Waals surface area contributed by atoms with Crippen LogP contribution in [0.15, 0.2) is 24.4 Å². The molecule has 2 rings (SSSR count). The molecule has 2 aromatic rings. The number of alkyl halides is 1. The predicted octanol–water partition coefficient (Wildman–Crippen LogP) is 2.86. The standard InChI is InChI=1S/C10H8Cl2FN3/c11-4-8-6-16(15-14-8)5-7-1-2-9(12)10(13)3-7/h1-3,6H,4-5H2. The van der Waals surface area contributed by atoms with Gasteiger partial charge in [-0.25, -0.2) is 9.07 Å². The molecule has 1 aromatic carbocycles. The van der Waals surface area contributed by atoms with Gasteiger partial charge < -0.3 is 0 Å². The van der Waals surface area contributed by atoms with Crippen molar-refractivity contribution in [2.75, 3.05) is 0 Å². The summed E-state index contributed by atoms with van der Waals surface area (Å²) in [5.74, 6) is -0.119. The molecule has 0 aliphatic rings. The van der Waals surface area contributed by atoms with Crippen LogP contribution in [0.3, 0.4) is 0 Å². The van der Waals surface area contributed by atoms with Crippen molar-refractivity contribution in [2.45, 2.75) is 12.4 Å². The average molecular weight is 260 g/mol. The first kappa shape index (κ1) is 11.4. The van der Waals surface area contributed by atoms with E-state index < -0.39 is 5.82 Å². The number of halogens is 3. The molecule has 0 aliphatic heterocycles. The number of hydrogen-bond acceptors (Lipinski definition) is 2. The van der Waals surface area contributed by atoms with E-state index in [9.17, 15) is 4.39 Å². The van der Waals surface area contributed by atoms with Crippen molar-refractivity contribution >= 4 is 23.2 Å². The van der Waals surface area contributed by atoms with E-state index in [0.29, 0.717) is 18.1 Å². The van der Waals surface area contributed by atoms with Crippen molar-refractivity contribution in [3.63, 3.8) is 0 Å². The van der Waals surface area contributed by atoms with Gasteiger partial charge in [-0.15, -0.1) is 16.7 Å². The molecule has 0 saturated heterocycles. The van der Waals surface area contributed by atoms with Crippen LogP contribution in [0.4, 0.5) is 4.39 Å². The fourth-order valence-electron chi connectivity index (χ4n) is 1.30. The topological polar surface area (TPSA) is 30.7 Å². The number of hydrogen-bond donors (Lipinski definition) is 0. The minimum absolute atomic E-state index is 0.115. The fourth-order valence-corrected chi connectivity index (χ4v) is 1.54. The lowest BCUT2D eigenvalue weighted by Gasteiger charge is -2.01. The highest BCUT2D eigenvalue weighted by Gasteiger charge is 2.03. The molecule has 0 amide bonds. The second-order valence-electron chi connectivity index (χ2n) is 3.29. The van der Waals surface area contributed by atoms with Gasteiger partial charge in [-0.2, -0.15) is 0 Å². The van der Waals surface area contributed by atoms with Crippen molar-refractivity contribution in [1.82, 2.24) is 15.0 Å². The molecule has 0 aliphatic carbocycles. The van der Waals surface area contributed by atoms with Gasteiger partial charge in [-0.1, -0.05) is 22.9 Å². The van der Waals surface area contributed by atoms with Crippen LogP contribution in [0.25, 0.3) is 0 Å². The van der Waals surface area contributed by atoms with Gasteiger partial charge in [-0.05, 0) is 17.7 Å². The van der Waals surface area contributed by atoms with Crippen LogP contribution in [0.1, 0.15) is 11.3 Å². The molecule has 0 spiro atoms. The first-order chi connectivity index (χ1) is 7.69. The van der Waals surface area contributed by atoms with E-state index in [4.69, 9.17) is 23.2 Å². The molecule has 1 heterocycles. The quantitative estimate of drug-likeness (QED) is 0.794. The molecule has 0 unspecified atom stereocenters. The van der Waals surface area contributed by atoms with Crippen molar-refractivity contribution in [2.24, 2.45) is 0 Å². The highest BCUT2D eigenvalue weighted by Crippen LogP contribution is 2.16. The van der Waals surface area contributed by atoms with E-state index >= 15 is 0 Å². The van der Waals surface area contributed by atoms with Gasteiger partial charge in [0.25, 0.3) is 0 Å². The number of rotatable bonds is 3. The molecule has 0 atom stereocenters. The summed E-state index contributed by atoms with van der Waals surface area (Å²) in [4.78, 5) is 0. The van der Waals surface area contributed by atoms with E-state index in [1.807, 2.05) is 0 Å². The van der Waals surface area contributed by atoms with Gasteiger partial charge >= 0.3 is 0 Å². The summed E-state index contributed by atoms with van der Waals surface area (Å²) in [5.41, 5.74) is 1.46. The highest BCUT2D eigenvalue weighted by molar-refractivity contribution is 6.30. The third-order valence-corrected chi connectivity index (χ3v) is 2.63. The molecule has 0 fully saturated rings. The zero-order valence-electron chi connectivity index (χ0n) is 8.20.